The Hall–Kier alpha value is -1.57. The van der Waals surface area contributed by atoms with E-state index in [9.17, 15) is 8.42 Å². The number of rotatable bonds is 5. The minimum Gasteiger partial charge on any atom is -0.336 e. The number of nitrogens with zero attached hydrogens (tertiary/aromatic N) is 1. The molecular formula is C12H14ClN3O3S. The highest BCUT2D eigenvalue weighted by atomic mass is 35.5. The van der Waals surface area contributed by atoms with E-state index in [1.807, 2.05) is 0 Å². The number of hydrogen-bond donors (Lipinski definition) is 2. The van der Waals surface area contributed by atoms with Gasteiger partial charge in [0, 0.05) is 6.54 Å². The van der Waals surface area contributed by atoms with Gasteiger partial charge in [0.25, 0.3) is 15.9 Å². The van der Waals surface area contributed by atoms with E-state index >= 15 is 0 Å². The van der Waals surface area contributed by atoms with Crippen LogP contribution in [0.2, 0.25) is 5.02 Å². The number of sulfonamides is 1. The molecule has 0 spiro atoms. The van der Waals surface area contributed by atoms with Crippen molar-refractivity contribution in [3.05, 3.63) is 40.5 Å². The minimum absolute atomic E-state index is 0.0802. The molecule has 0 radical (unpaired) electrons. The molecule has 1 aromatic carbocycles. The molecule has 0 amide bonds. The monoisotopic (exact) mass is 315 g/mol. The summed E-state index contributed by atoms with van der Waals surface area (Å²) < 4.78 is 31.9. The molecule has 8 heteroatoms. The summed E-state index contributed by atoms with van der Waals surface area (Å²) in [5.74, 6) is -0.0802. The van der Waals surface area contributed by atoms with Crippen LogP contribution in [-0.2, 0) is 16.6 Å². The van der Waals surface area contributed by atoms with E-state index in [1.165, 1.54) is 6.07 Å². The maximum absolute atomic E-state index is 12.4. The molecule has 0 fully saturated rings. The molecule has 2 aromatic rings. The number of hydrogen-bond acceptors (Lipinski definition) is 5. The fourth-order valence-corrected chi connectivity index (χ4v) is 3.11. The second kappa shape index (κ2) is 5.82. The first kappa shape index (κ1) is 14.8. The molecule has 2 N–H and O–H groups in total. The molecule has 6 nitrogen and oxygen atoms in total. The molecule has 1 heterocycles. The summed E-state index contributed by atoms with van der Waals surface area (Å²) in [6, 6.07) is 6.68. The normalized spacial score (nSPS) is 11.6. The Kier molecular flexibility index (Phi) is 4.32. The van der Waals surface area contributed by atoms with Gasteiger partial charge in [0.05, 0.1) is 4.90 Å². The third-order valence-corrected chi connectivity index (χ3v) is 4.52. The van der Waals surface area contributed by atoms with Crippen LogP contribution < -0.4 is 10.0 Å². The van der Waals surface area contributed by atoms with Crippen molar-refractivity contribution in [2.75, 3.05) is 11.8 Å². The number of anilines is 1. The predicted octanol–water partition coefficient (Wildman–Crippen LogP) is 2.16. The van der Waals surface area contributed by atoms with Crippen LogP contribution in [0.15, 0.2) is 33.7 Å². The Balaban J connectivity index is 2.38. The smallest absolute Gasteiger partial charge is 0.264 e. The zero-order valence-electron chi connectivity index (χ0n) is 11.0. The van der Waals surface area contributed by atoms with E-state index in [0.29, 0.717) is 17.8 Å². The molecular weight excluding hydrogens is 302 g/mol. The Labute approximate surface area is 122 Å². The molecule has 2 rings (SSSR count). The van der Waals surface area contributed by atoms with Crippen molar-refractivity contribution < 1.29 is 12.9 Å². The van der Waals surface area contributed by atoms with Crippen molar-refractivity contribution in [3.8, 4) is 0 Å². The molecule has 0 saturated carbocycles. The second-order valence-corrected chi connectivity index (χ2v) is 6.18. The minimum atomic E-state index is -3.78. The Morgan fingerprint density at radius 3 is 2.65 bits per heavy atom. The highest BCUT2D eigenvalue weighted by molar-refractivity contribution is 7.92. The molecule has 0 atom stereocenters. The standard InChI is InChI=1S/C12H14ClN3O3S/c1-8-11(13)12(19-15-8)16-20(17,18)10-6-4-3-5-9(10)7-14-2/h3-6,14,16H,7H2,1-2H3. The van der Waals surface area contributed by atoms with E-state index in [4.69, 9.17) is 16.1 Å². The quantitative estimate of drug-likeness (QED) is 0.883. The van der Waals surface area contributed by atoms with Crippen LogP contribution in [-0.4, -0.2) is 20.6 Å². The zero-order chi connectivity index (χ0) is 14.8. The molecule has 1 aromatic heterocycles. The lowest BCUT2D eigenvalue weighted by Gasteiger charge is -2.10. The fraction of sp³-hybridized carbons (Fsp3) is 0.250. The highest BCUT2D eigenvalue weighted by Crippen LogP contribution is 2.28. The van der Waals surface area contributed by atoms with Gasteiger partial charge in [-0.3, -0.25) is 0 Å². The Morgan fingerprint density at radius 2 is 2.05 bits per heavy atom. The van der Waals surface area contributed by atoms with Gasteiger partial charge in [-0.15, -0.1) is 0 Å². The van der Waals surface area contributed by atoms with Gasteiger partial charge in [-0.2, -0.15) is 0 Å². The highest BCUT2D eigenvalue weighted by Gasteiger charge is 2.22. The number of benzene rings is 1. The summed E-state index contributed by atoms with van der Waals surface area (Å²) in [6.45, 7) is 2.05. The second-order valence-electron chi connectivity index (χ2n) is 4.15. The topological polar surface area (TPSA) is 84.2 Å². The van der Waals surface area contributed by atoms with Gasteiger partial charge in [-0.25, -0.2) is 13.1 Å². The maximum Gasteiger partial charge on any atom is 0.264 e. The van der Waals surface area contributed by atoms with Gasteiger partial charge in [-0.05, 0) is 25.6 Å². The van der Waals surface area contributed by atoms with Crippen molar-refractivity contribution in [2.24, 2.45) is 0 Å². The van der Waals surface area contributed by atoms with Crippen LogP contribution in [0.5, 0.6) is 0 Å². The lowest BCUT2D eigenvalue weighted by molar-refractivity contribution is 0.430. The predicted molar refractivity (Wildman–Crippen MR) is 76.3 cm³/mol. The molecule has 0 aliphatic rings. The first-order chi connectivity index (χ1) is 9.45. The van der Waals surface area contributed by atoms with Gasteiger partial charge in [-0.1, -0.05) is 35.0 Å². The van der Waals surface area contributed by atoms with Gasteiger partial charge in [0.15, 0.2) is 0 Å². The van der Waals surface area contributed by atoms with E-state index in [2.05, 4.69) is 15.2 Å². The van der Waals surface area contributed by atoms with Crippen LogP contribution in [0.25, 0.3) is 0 Å². The lowest BCUT2D eigenvalue weighted by atomic mass is 10.2. The fourth-order valence-electron chi connectivity index (χ4n) is 1.70. The molecule has 20 heavy (non-hydrogen) atoms. The largest absolute Gasteiger partial charge is 0.336 e. The van der Waals surface area contributed by atoms with Gasteiger partial charge < -0.3 is 9.84 Å². The summed E-state index contributed by atoms with van der Waals surface area (Å²) in [7, 11) is -2.04. The van der Waals surface area contributed by atoms with Crippen LogP contribution in [0.4, 0.5) is 5.88 Å². The maximum atomic E-state index is 12.4. The Bertz CT molecular complexity index is 712. The van der Waals surface area contributed by atoms with E-state index in [0.717, 1.165) is 0 Å². The SMILES string of the molecule is CNCc1ccccc1S(=O)(=O)Nc1onc(C)c1Cl. The van der Waals surface area contributed by atoms with Crippen LogP contribution in [0.3, 0.4) is 0 Å². The van der Waals surface area contributed by atoms with Crippen molar-refractivity contribution >= 4 is 27.5 Å². The molecule has 0 aliphatic carbocycles. The van der Waals surface area contributed by atoms with Crippen molar-refractivity contribution in [1.82, 2.24) is 10.5 Å². The van der Waals surface area contributed by atoms with E-state index in [1.54, 1.807) is 32.2 Å². The van der Waals surface area contributed by atoms with E-state index < -0.39 is 10.0 Å². The van der Waals surface area contributed by atoms with Crippen LogP contribution in [0, 0.1) is 6.92 Å². The number of aryl methyl sites for hydroxylation is 1. The van der Waals surface area contributed by atoms with E-state index in [-0.39, 0.29) is 15.8 Å². The number of aromatic nitrogens is 1. The molecule has 0 bridgehead atoms. The molecule has 0 unspecified atom stereocenters. The Morgan fingerprint density at radius 1 is 1.35 bits per heavy atom. The number of nitrogens with one attached hydrogen (secondary N) is 2. The van der Waals surface area contributed by atoms with Gasteiger partial charge in [0.2, 0.25) is 0 Å². The third-order valence-electron chi connectivity index (χ3n) is 2.65. The first-order valence-corrected chi connectivity index (χ1v) is 7.69. The van der Waals surface area contributed by atoms with Crippen molar-refractivity contribution in [3.63, 3.8) is 0 Å². The van der Waals surface area contributed by atoms with Gasteiger partial charge in [0.1, 0.15) is 10.7 Å². The average molecular weight is 316 g/mol. The van der Waals surface area contributed by atoms with Crippen molar-refractivity contribution in [1.29, 1.82) is 0 Å². The summed E-state index contributed by atoms with van der Waals surface area (Å²) in [5, 5.41) is 6.68. The summed E-state index contributed by atoms with van der Waals surface area (Å²) >= 11 is 5.91. The number of halogens is 1. The molecule has 108 valence electrons. The van der Waals surface area contributed by atoms with Crippen LogP contribution >= 0.6 is 11.6 Å². The average Bonchev–Trinajstić information content (AvgIpc) is 2.71. The summed E-state index contributed by atoms with van der Waals surface area (Å²) in [4.78, 5) is 0.166. The van der Waals surface area contributed by atoms with Crippen LogP contribution in [0.1, 0.15) is 11.3 Å². The first-order valence-electron chi connectivity index (χ1n) is 5.83. The van der Waals surface area contributed by atoms with Gasteiger partial charge >= 0.3 is 0 Å². The zero-order valence-corrected chi connectivity index (χ0v) is 12.5. The summed E-state index contributed by atoms with van der Waals surface area (Å²) in [6.07, 6.45) is 0. The van der Waals surface area contributed by atoms with Crippen molar-refractivity contribution in [2.45, 2.75) is 18.4 Å². The lowest BCUT2D eigenvalue weighted by Crippen LogP contribution is -2.17. The molecule has 0 saturated heterocycles. The molecule has 0 aliphatic heterocycles. The summed E-state index contributed by atoms with van der Waals surface area (Å²) in [5.41, 5.74) is 1.07. The third kappa shape index (κ3) is 2.95.